The van der Waals surface area contributed by atoms with Gasteiger partial charge in [-0.3, -0.25) is 4.98 Å². The predicted octanol–water partition coefficient (Wildman–Crippen LogP) is 10.1. The molecule has 7 aromatic rings. The van der Waals surface area contributed by atoms with Crippen molar-refractivity contribution in [3.8, 4) is 33.4 Å². The highest BCUT2D eigenvalue weighted by molar-refractivity contribution is 6.13. The third-order valence-electron chi connectivity index (χ3n) is 8.84. The molecule has 0 spiro atoms. The molecular formula is C43H32N4. The summed E-state index contributed by atoms with van der Waals surface area (Å²) in [6, 6.07) is 55.5. The summed E-state index contributed by atoms with van der Waals surface area (Å²) >= 11 is 0. The number of benzene rings is 6. The van der Waals surface area contributed by atoms with Gasteiger partial charge in [0.05, 0.1) is 0 Å². The molecule has 4 heteroatoms. The first kappa shape index (κ1) is 28.4. The highest BCUT2D eigenvalue weighted by Crippen LogP contribution is 2.34. The number of rotatable bonds is 6. The smallest absolute Gasteiger partial charge is 0.159 e. The minimum atomic E-state index is -0.170. The van der Waals surface area contributed by atoms with E-state index in [1.807, 2.05) is 36.5 Å². The van der Waals surface area contributed by atoms with E-state index in [0.717, 1.165) is 45.1 Å². The Morgan fingerprint density at radius 3 is 1.87 bits per heavy atom. The van der Waals surface area contributed by atoms with Gasteiger partial charge in [-0.1, -0.05) is 146 Å². The SMILES string of the molecule is CN1C(c2ccc(-c3ccc4cccc(-c5ccc(-c6cccnc6)cc5)c4c3)cc2)=NC(c2ccccc2)=NC1c1ccccc1. The number of aliphatic imine (C=N–C) groups is 2. The summed E-state index contributed by atoms with van der Waals surface area (Å²) in [5.41, 5.74) is 10.2. The maximum atomic E-state index is 5.08. The zero-order chi connectivity index (χ0) is 31.6. The molecule has 0 bridgehead atoms. The fourth-order valence-corrected chi connectivity index (χ4v) is 6.34. The van der Waals surface area contributed by atoms with Crippen LogP contribution in [0.25, 0.3) is 44.2 Å². The van der Waals surface area contributed by atoms with Gasteiger partial charge in [0.15, 0.2) is 5.84 Å². The third kappa shape index (κ3) is 5.62. The minimum Gasteiger partial charge on any atom is -0.333 e. The van der Waals surface area contributed by atoms with Crippen LogP contribution in [0.15, 0.2) is 180 Å². The van der Waals surface area contributed by atoms with Gasteiger partial charge >= 0.3 is 0 Å². The number of hydrogen-bond acceptors (Lipinski definition) is 4. The summed E-state index contributed by atoms with van der Waals surface area (Å²) in [6.07, 6.45) is 3.54. The zero-order valence-corrected chi connectivity index (χ0v) is 26.0. The van der Waals surface area contributed by atoms with Crippen LogP contribution in [-0.2, 0) is 0 Å². The van der Waals surface area contributed by atoms with Gasteiger partial charge in [-0.2, -0.15) is 0 Å². The van der Waals surface area contributed by atoms with Crippen molar-refractivity contribution in [3.63, 3.8) is 0 Å². The predicted molar refractivity (Wildman–Crippen MR) is 195 cm³/mol. The Morgan fingerprint density at radius 2 is 1.15 bits per heavy atom. The van der Waals surface area contributed by atoms with E-state index in [1.165, 1.54) is 27.5 Å². The molecule has 1 atom stereocenters. The van der Waals surface area contributed by atoms with E-state index in [2.05, 4.69) is 144 Å². The van der Waals surface area contributed by atoms with E-state index in [0.29, 0.717) is 0 Å². The van der Waals surface area contributed by atoms with Crippen molar-refractivity contribution in [2.24, 2.45) is 9.98 Å². The number of nitrogens with zero attached hydrogens (tertiary/aromatic N) is 4. The van der Waals surface area contributed by atoms with Crippen molar-refractivity contribution in [1.29, 1.82) is 0 Å². The summed E-state index contributed by atoms with van der Waals surface area (Å²) in [7, 11) is 2.07. The molecule has 0 amide bonds. The molecule has 1 aliphatic rings. The molecule has 47 heavy (non-hydrogen) atoms. The average Bonchev–Trinajstić information content (AvgIpc) is 3.16. The second-order valence-corrected chi connectivity index (χ2v) is 11.8. The monoisotopic (exact) mass is 604 g/mol. The lowest BCUT2D eigenvalue weighted by molar-refractivity contribution is 0.383. The summed E-state index contributed by atoms with van der Waals surface area (Å²) in [4.78, 5) is 16.6. The fourth-order valence-electron chi connectivity index (χ4n) is 6.34. The molecule has 4 nitrogen and oxygen atoms in total. The van der Waals surface area contributed by atoms with Crippen molar-refractivity contribution in [1.82, 2.24) is 9.88 Å². The molecule has 0 aliphatic carbocycles. The molecule has 0 saturated heterocycles. The molecule has 0 radical (unpaired) electrons. The molecule has 8 rings (SSSR count). The standard InChI is InChI=1S/C43H32N4/c1-47-42(35-12-6-3-7-13-35)45-41(34-10-4-2-5-11-34)46-43(47)36-24-19-30(20-25-36)37-26-23-32-14-8-16-39(40(32)28-37)33-21-17-31(18-22-33)38-15-9-27-44-29-38/h2-29,42H,1H3. The van der Waals surface area contributed by atoms with Gasteiger partial charge < -0.3 is 4.90 Å². The summed E-state index contributed by atoms with van der Waals surface area (Å²) in [6.45, 7) is 0. The van der Waals surface area contributed by atoms with Crippen molar-refractivity contribution in [2.75, 3.05) is 7.05 Å². The van der Waals surface area contributed by atoms with Gasteiger partial charge in [-0.25, -0.2) is 9.98 Å². The molecule has 1 unspecified atom stereocenters. The van der Waals surface area contributed by atoms with Crippen LogP contribution in [0.1, 0.15) is 22.9 Å². The van der Waals surface area contributed by atoms with Crippen molar-refractivity contribution < 1.29 is 0 Å². The largest absolute Gasteiger partial charge is 0.333 e. The maximum absolute atomic E-state index is 5.08. The number of aromatic nitrogens is 1. The van der Waals surface area contributed by atoms with E-state index >= 15 is 0 Å². The Bertz CT molecular complexity index is 2220. The molecule has 0 fully saturated rings. The van der Waals surface area contributed by atoms with Crippen LogP contribution in [0.5, 0.6) is 0 Å². The minimum absolute atomic E-state index is 0.170. The first-order valence-corrected chi connectivity index (χ1v) is 15.9. The van der Waals surface area contributed by atoms with Crippen LogP contribution < -0.4 is 0 Å². The first-order chi connectivity index (χ1) is 23.2. The van der Waals surface area contributed by atoms with Crippen LogP contribution in [0, 0.1) is 0 Å². The van der Waals surface area contributed by atoms with Crippen molar-refractivity contribution in [3.05, 3.63) is 187 Å². The number of fused-ring (bicyclic) bond motifs is 1. The van der Waals surface area contributed by atoms with Crippen LogP contribution in [-0.4, -0.2) is 28.6 Å². The van der Waals surface area contributed by atoms with Crippen LogP contribution >= 0.6 is 0 Å². The highest BCUT2D eigenvalue weighted by atomic mass is 15.3. The summed E-state index contributed by atoms with van der Waals surface area (Å²) < 4.78 is 0. The topological polar surface area (TPSA) is 40.9 Å². The van der Waals surface area contributed by atoms with Gasteiger partial charge in [-0.05, 0) is 61.8 Å². The zero-order valence-electron chi connectivity index (χ0n) is 26.0. The Labute approximate surface area is 275 Å². The van der Waals surface area contributed by atoms with Gasteiger partial charge in [-0.15, -0.1) is 0 Å². The lowest BCUT2D eigenvalue weighted by Gasteiger charge is -2.32. The Kier molecular flexibility index (Phi) is 7.44. The Morgan fingerprint density at radius 1 is 0.511 bits per heavy atom. The Balaban J connectivity index is 1.13. The molecule has 2 heterocycles. The first-order valence-electron chi connectivity index (χ1n) is 15.9. The Hall–Kier alpha value is -6.13. The number of hydrogen-bond donors (Lipinski definition) is 0. The molecule has 0 N–H and O–H groups in total. The van der Waals surface area contributed by atoms with Crippen LogP contribution in [0.3, 0.4) is 0 Å². The maximum Gasteiger partial charge on any atom is 0.159 e. The van der Waals surface area contributed by atoms with E-state index in [1.54, 1.807) is 6.20 Å². The second kappa shape index (κ2) is 12.3. The van der Waals surface area contributed by atoms with Gasteiger partial charge in [0.25, 0.3) is 0 Å². The van der Waals surface area contributed by atoms with Gasteiger partial charge in [0.1, 0.15) is 12.0 Å². The van der Waals surface area contributed by atoms with Gasteiger partial charge in [0.2, 0.25) is 0 Å². The molecular weight excluding hydrogens is 573 g/mol. The molecule has 224 valence electrons. The molecule has 1 aliphatic heterocycles. The lowest BCUT2D eigenvalue weighted by Crippen LogP contribution is -2.35. The van der Waals surface area contributed by atoms with Crippen LogP contribution in [0.4, 0.5) is 0 Å². The van der Waals surface area contributed by atoms with Crippen molar-refractivity contribution >= 4 is 22.4 Å². The summed E-state index contributed by atoms with van der Waals surface area (Å²) in [5.74, 6) is 1.64. The van der Waals surface area contributed by atoms with Crippen LogP contribution in [0.2, 0.25) is 0 Å². The van der Waals surface area contributed by atoms with E-state index in [4.69, 9.17) is 9.98 Å². The molecule has 1 aromatic heterocycles. The number of pyridine rings is 1. The second-order valence-electron chi connectivity index (χ2n) is 11.8. The fraction of sp³-hybridized carbons (Fsp3) is 0.0465. The third-order valence-corrected chi connectivity index (χ3v) is 8.84. The molecule has 0 saturated carbocycles. The van der Waals surface area contributed by atoms with Gasteiger partial charge in [0, 0.05) is 30.6 Å². The quantitative estimate of drug-likeness (QED) is 0.190. The van der Waals surface area contributed by atoms with E-state index < -0.39 is 0 Å². The highest BCUT2D eigenvalue weighted by Gasteiger charge is 2.26. The molecule has 6 aromatic carbocycles. The average molecular weight is 605 g/mol. The van der Waals surface area contributed by atoms with E-state index in [9.17, 15) is 0 Å². The van der Waals surface area contributed by atoms with Crippen molar-refractivity contribution in [2.45, 2.75) is 6.17 Å². The number of amidine groups is 2. The van der Waals surface area contributed by atoms with E-state index in [-0.39, 0.29) is 6.17 Å². The normalized spacial score (nSPS) is 14.5. The summed E-state index contributed by atoms with van der Waals surface area (Å²) in [5, 5.41) is 2.45. The lowest BCUT2D eigenvalue weighted by atomic mass is 9.93.